The van der Waals surface area contributed by atoms with Gasteiger partial charge in [0.1, 0.15) is 0 Å². The van der Waals surface area contributed by atoms with E-state index in [0.717, 1.165) is 8.96 Å². The highest BCUT2D eigenvalue weighted by Crippen LogP contribution is 2.17. The lowest BCUT2D eigenvalue weighted by Crippen LogP contribution is -2.07. The Morgan fingerprint density at radius 3 is 3.08 bits per heavy atom. The first-order valence-corrected chi connectivity index (χ1v) is 4.77. The quantitative estimate of drug-likeness (QED) is 0.693. The molecule has 0 aliphatic heterocycles. The van der Waals surface area contributed by atoms with Crippen LogP contribution in [0.4, 0.5) is 0 Å². The Balaban J connectivity index is 2.83. The van der Waals surface area contributed by atoms with Crippen LogP contribution < -0.4 is 0 Å². The summed E-state index contributed by atoms with van der Waals surface area (Å²) in [5, 5.41) is 4.87. The second kappa shape index (κ2) is 3.06. The fraction of sp³-hybridized carbons (Fsp3) is 0.125. The van der Waals surface area contributed by atoms with Crippen molar-refractivity contribution in [2.75, 3.05) is 0 Å². The van der Waals surface area contributed by atoms with Gasteiger partial charge in [-0.2, -0.15) is 9.78 Å². The predicted molar refractivity (Wildman–Crippen MR) is 56.5 cm³/mol. The molecule has 2 heterocycles. The minimum Gasteiger partial charge on any atom is -0.273 e. The number of pyridine rings is 1. The maximum atomic E-state index is 11.1. The molecule has 0 aliphatic carbocycles. The van der Waals surface area contributed by atoms with E-state index in [2.05, 4.69) is 32.7 Å². The Bertz CT molecular complexity index is 477. The Kier molecular flexibility index (Phi) is 2.03. The number of halogens is 1. The normalized spacial score (nSPS) is 10.6. The van der Waals surface area contributed by atoms with Gasteiger partial charge in [-0.25, -0.2) is 4.98 Å². The zero-order chi connectivity index (χ0) is 9.42. The lowest BCUT2D eigenvalue weighted by Gasteiger charge is -1.95. The summed E-state index contributed by atoms with van der Waals surface area (Å²) < 4.78 is 2.35. The summed E-state index contributed by atoms with van der Waals surface area (Å²) in [5.74, 6) is -0.121. The second-order valence-electron chi connectivity index (χ2n) is 2.61. The summed E-state index contributed by atoms with van der Waals surface area (Å²) in [5.41, 5.74) is 0.624. The van der Waals surface area contributed by atoms with Crippen LogP contribution in [0, 0.1) is 3.57 Å². The highest BCUT2D eigenvalue weighted by molar-refractivity contribution is 14.1. The van der Waals surface area contributed by atoms with E-state index < -0.39 is 0 Å². The molecule has 2 aromatic heterocycles. The first-order chi connectivity index (χ1) is 6.20. The van der Waals surface area contributed by atoms with E-state index in [-0.39, 0.29) is 5.91 Å². The van der Waals surface area contributed by atoms with Crippen LogP contribution >= 0.6 is 22.6 Å². The van der Waals surface area contributed by atoms with Gasteiger partial charge in [-0.15, -0.1) is 0 Å². The van der Waals surface area contributed by atoms with E-state index in [1.165, 1.54) is 11.6 Å². The average Bonchev–Trinajstić information content (AvgIpc) is 2.48. The lowest BCUT2D eigenvalue weighted by molar-refractivity contribution is 0.0926. The van der Waals surface area contributed by atoms with E-state index >= 15 is 0 Å². The summed E-state index contributed by atoms with van der Waals surface area (Å²) in [6.07, 6.45) is 3.33. The van der Waals surface area contributed by atoms with Gasteiger partial charge in [0, 0.05) is 16.7 Å². The highest BCUT2D eigenvalue weighted by atomic mass is 127. The van der Waals surface area contributed by atoms with Crippen molar-refractivity contribution in [1.82, 2.24) is 14.8 Å². The SMILES string of the molecule is CC(=O)n1ncc2c(I)ccnc21. The molecule has 0 fully saturated rings. The molecule has 0 aliphatic rings. The molecule has 0 saturated heterocycles. The predicted octanol–water partition coefficient (Wildman–Crippen LogP) is 1.70. The van der Waals surface area contributed by atoms with Crippen molar-refractivity contribution in [3.8, 4) is 0 Å². The monoisotopic (exact) mass is 287 g/mol. The number of nitrogens with zero attached hydrogens (tertiary/aromatic N) is 3. The van der Waals surface area contributed by atoms with Gasteiger partial charge in [0.25, 0.3) is 0 Å². The van der Waals surface area contributed by atoms with Crippen LogP contribution in [0.1, 0.15) is 11.7 Å². The summed E-state index contributed by atoms with van der Waals surface area (Å²) in [6.45, 7) is 1.47. The van der Waals surface area contributed by atoms with Gasteiger partial charge >= 0.3 is 0 Å². The molecule has 0 N–H and O–H groups in total. The molecule has 4 nitrogen and oxygen atoms in total. The van der Waals surface area contributed by atoms with Crippen LogP contribution in [-0.4, -0.2) is 20.7 Å². The average molecular weight is 287 g/mol. The van der Waals surface area contributed by atoms with Crippen molar-refractivity contribution in [3.63, 3.8) is 0 Å². The standard InChI is InChI=1S/C8H6IN3O/c1-5(13)12-8-6(4-11-12)7(9)2-3-10-8/h2-4H,1H3. The van der Waals surface area contributed by atoms with Crippen LogP contribution in [0.3, 0.4) is 0 Å². The molecule has 0 bridgehead atoms. The molecular formula is C8H6IN3O. The largest absolute Gasteiger partial charge is 0.273 e. The maximum Gasteiger partial charge on any atom is 0.245 e. The molecular weight excluding hydrogens is 281 g/mol. The summed E-state index contributed by atoms with van der Waals surface area (Å²) in [7, 11) is 0. The van der Waals surface area contributed by atoms with E-state index in [1.54, 1.807) is 12.4 Å². The zero-order valence-electron chi connectivity index (χ0n) is 6.86. The topological polar surface area (TPSA) is 47.8 Å². The summed E-state index contributed by atoms with van der Waals surface area (Å²) in [4.78, 5) is 15.2. The molecule has 0 aromatic carbocycles. The van der Waals surface area contributed by atoms with Crippen molar-refractivity contribution < 1.29 is 4.79 Å². The maximum absolute atomic E-state index is 11.1. The molecule has 13 heavy (non-hydrogen) atoms. The van der Waals surface area contributed by atoms with Gasteiger partial charge in [0.15, 0.2) is 5.65 Å². The number of aromatic nitrogens is 3. The fourth-order valence-corrected chi connectivity index (χ4v) is 1.67. The third-order valence-corrected chi connectivity index (χ3v) is 2.66. The minimum atomic E-state index is -0.121. The van der Waals surface area contributed by atoms with Crippen molar-refractivity contribution in [3.05, 3.63) is 22.0 Å². The molecule has 0 radical (unpaired) electrons. The van der Waals surface area contributed by atoms with Crippen molar-refractivity contribution >= 4 is 39.5 Å². The fourth-order valence-electron chi connectivity index (χ4n) is 1.13. The van der Waals surface area contributed by atoms with Crippen LogP contribution in [0.25, 0.3) is 11.0 Å². The molecule has 0 spiro atoms. The van der Waals surface area contributed by atoms with Crippen LogP contribution in [-0.2, 0) is 0 Å². The Hall–Kier alpha value is -0.980. The van der Waals surface area contributed by atoms with Gasteiger partial charge in [-0.3, -0.25) is 4.79 Å². The number of hydrogen-bond acceptors (Lipinski definition) is 3. The zero-order valence-corrected chi connectivity index (χ0v) is 9.02. The second-order valence-corrected chi connectivity index (χ2v) is 3.77. The molecule has 0 saturated carbocycles. The summed E-state index contributed by atoms with van der Waals surface area (Å²) >= 11 is 2.19. The first-order valence-electron chi connectivity index (χ1n) is 3.69. The van der Waals surface area contributed by atoms with Gasteiger partial charge in [0.2, 0.25) is 5.91 Å². The number of carbonyl (C=O) groups excluding carboxylic acids is 1. The lowest BCUT2D eigenvalue weighted by atomic mass is 10.4. The smallest absolute Gasteiger partial charge is 0.245 e. The van der Waals surface area contributed by atoms with Gasteiger partial charge in [-0.1, -0.05) is 0 Å². The number of rotatable bonds is 0. The van der Waals surface area contributed by atoms with E-state index in [4.69, 9.17) is 0 Å². The van der Waals surface area contributed by atoms with Gasteiger partial charge in [0.05, 0.1) is 11.6 Å². The molecule has 2 aromatic rings. The third-order valence-electron chi connectivity index (χ3n) is 1.72. The third kappa shape index (κ3) is 1.32. The molecule has 0 amide bonds. The van der Waals surface area contributed by atoms with E-state index in [9.17, 15) is 4.79 Å². The molecule has 0 unspecified atom stereocenters. The van der Waals surface area contributed by atoms with Crippen LogP contribution in [0.15, 0.2) is 18.5 Å². The van der Waals surface area contributed by atoms with E-state index in [1.807, 2.05) is 6.07 Å². The molecule has 0 atom stereocenters. The molecule has 2 rings (SSSR count). The van der Waals surface area contributed by atoms with Crippen molar-refractivity contribution in [1.29, 1.82) is 0 Å². The Morgan fingerprint density at radius 2 is 2.38 bits per heavy atom. The number of fused-ring (bicyclic) bond motifs is 1. The Morgan fingerprint density at radius 1 is 1.62 bits per heavy atom. The van der Waals surface area contributed by atoms with E-state index in [0.29, 0.717) is 5.65 Å². The van der Waals surface area contributed by atoms with Gasteiger partial charge < -0.3 is 0 Å². The number of carbonyl (C=O) groups is 1. The Labute approximate surface area is 88.1 Å². The minimum absolute atomic E-state index is 0.121. The summed E-state index contributed by atoms with van der Waals surface area (Å²) in [6, 6.07) is 1.88. The number of hydrogen-bond donors (Lipinski definition) is 0. The van der Waals surface area contributed by atoms with Crippen molar-refractivity contribution in [2.24, 2.45) is 0 Å². The van der Waals surface area contributed by atoms with Crippen molar-refractivity contribution in [2.45, 2.75) is 6.92 Å². The van der Waals surface area contributed by atoms with Gasteiger partial charge in [-0.05, 0) is 28.7 Å². The molecule has 66 valence electrons. The first kappa shape index (κ1) is 8.61. The highest BCUT2D eigenvalue weighted by Gasteiger charge is 2.08. The molecule has 5 heteroatoms. The van der Waals surface area contributed by atoms with Crippen LogP contribution in [0.5, 0.6) is 0 Å². The van der Waals surface area contributed by atoms with Crippen LogP contribution in [0.2, 0.25) is 0 Å².